The van der Waals surface area contributed by atoms with Crippen molar-refractivity contribution in [2.24, 2.45) is 35.5 Å². The van der Waals surface area contributed by atoms with Gasteiger partial charge in [0.2, 0.25) is 5.79 Å². The lowest BCUT2D eigenvalue weighted by Gasteiger charge is -2.42. The summed E-state index contributed by atoms with van der Waals surface area (Å²) in [6.07, 6.45) is 13.3. The molecule has 0 aromatic rings. The van der Waals surface area contributed by atoms with E-state index in [1.54, 1.807) is 41.1 Å². The highest BCUT2D eigenvalue weighted by atomic mass is 28.4. The van der Waals surface area contributed by atoms with Crippen LogP contribution < -0.4 is 0 Å². The number of nitrogens with zero attached hydrogens (tertiary/aromatic N) is 1. The molecule has 0 aromatic carbocycles. The van der Waals surface area contributed by atoms with Gasteiger partial charge in [-0.25, -0.2) is 4.79 Å². The van der Waals surface area contributed by atoms with Crippen LogP contribution in [0.5, 0.6) is 0 Å². The highest BCUT2D eigenvalue weighted by Gasteiger charge is 2.53. The lowest BCUT2D eigenvalue weighted by molar-refractivity contribution is -0.265. The van der Waals surface area contributed by atoms with Crippen molar-refractivity contribution in [2.75, 3.05) is 41.1 Å². The van der Waals surface area contributed by atoms with E-state index in [1.165, 1.54) is 12.0 Å². The number of allylic oxidation sites excluding steroid dienone is 6. The van der Waals surface area contributed by atoms with Crippen LogP contribution in [0.25, 0.3) is 0 Å². The average molecular weight is 1090 g/mol. The third-order valence-electron chi connectivity index (χ3n) is 17.3. The standard InChI is InChI=1S/C60H99NO14Si/c1-38-22-17-16-18-23-39(2)50(69-11)36-46-27-25-44(7)60(68,75-46)56(65)57(66)61-29-20-19-24-47(61)58(67)74-51(37-48(62)40(3)33-43(6)54(64)55(71-13)53(63)42(5)32-38)41(4)34-45-26-28-49(52(35-45)70-12)72-30-21-31-73-76(14,15)59(8,9)10/h16-18,22-23,33,38,40-42,44-47,49-52,54-55,64,68H,19-21,24-32,34-37H2,1-15H3/b18-16?,22-17+,39-23?,43-33+/t38-,40-,41-,42-,44?,45+,46+,47+,49-,50+,51?,52-,54-,55+,60-/m1/s1. The van der Waals surface area contributed by atoms with Gasteiger partial charge in [0.15, 0.2) is 14.1 Å². The molecular weight excluding hydrogens is 987 g/mol. The number of esters is 1. The Morgan fingerprint density at radius 2 is 1.55 bits per heavy atom. The van der Waals surface area contributed by atoms with Crippen molar-refractivity contribution in [3.05, 3.63) is 47.6 Å². The number of rotatable bonds is 12. The van der Waals surface area contributed by atoms with Crippen LogP contribution in [0, 0.1) is 35.5 Å². The normalized spacial score (nSPS) is 35.7. The number of piperidine rings is 1. The summed E-state index contributed by atoms with van der Waals surface area (Å²) in [5.41, 5.74) is 1.28. The number of carbonyl (C=O) groups is 5. The number of methoxy groups -OCH3 is 3. The van der Waals surface area contributed by atoms with Gasteiger partial charge < -0.3 is 48.0 Å². The van der Waals surface area contributed by atoms with Crippen molar-refractivity contribution in [3.63, 3.8) is 0 Å². The number of amides is 1. The molecule has 4 aliphatic rings. The molecule has 3 heterocycles. The predicted molar refractivity (Wildman–Crippen MR) is 297 cm³/mol. The van der Waals surface area contributed by atoms with E-state index in [0.29, 0.717) is 70.2 Å². The minimum Gasteiger partial charge on any atom is -0.460 e. The molecule has 0 radical (unpaired) electrons. The van der Waals surface area contributed by atoms with E-state index in [9.17, 15) is 34.2 Å². The van der Waals surface area contributed by atoms with Crippen LogP contribution in [0.4, 0.5) is 0 Å². The number of hydrogen-bond donors (Lipinski definition) is 2. The Labute approximate surface area is 457 Å². The Bertz CT molecular complexity index is 2040. The second kappa shape index (κ2) is 29.9. The number of aliphatic hydroxyl groups is 2. The summed E-state index contributed by atoms with van der Waals surface area (Å²) in [5.74, 6) is -7.85. The minimum atomic E-state index is -2.43. The van der Waals surface area contributed by atoms with E-state index in [4.69, 9.17) is 32.8 Å². The summed E-state index contributed by atoms with van der Waals surface area (Å²) in [6, 6.07) is -1.14. The summed E-state index contributed by atoms with van der Waals surface area (Å²) >= 11 is 0. The van der Waals surface area contributed by atoms with Gasteiger partial charge in [0.1, 0.15) is 30.1 Å². The zero-order valence-corrected chi connectivity index (χ0v) is 50.1. The van der Waals surface area contributed by atoms with E-state index in [-0.39, 0.29) is 66.0 Å². The van der Waals surface area contributed by atoms with Crippen molar-refractivity contribution < 1.29 is 67.0 Å². The van der Waals surface area contributed by atoms with Crippen molar-refractivity contribution in [1.82, 2.24) is 4.90 Å². The SMILES string of the molecule is CO[C@H]1C[C@@H]2CCC(C)[C@@](O)(O2)C(=O)C(=O)N2CCCC[C@H]2C(=O)OC([C@H](C)C[C@@H]2CC[C@@H](OCCCO[Si](C)(C)C(C)(C)C)[C@H](OC)C2)CC(=O)[C@H](C)/C=C(\C)[C@@H](O)[C@@H](OC)C(=O)[C@H](C)C[C@H](C)/C=C/C=CC=C1C. The molecule has 2 unspecified atom stereocenters. The number of fused-ring (bicyclic) bond motifs is 3. The molecule has 2 bridgehead atoms. The highest BCUT2D eigenvalue weighted by molar-refractivity contribution is 6.74. The Morgan fingerprint density at radius 1 is 0.842 bits per heavy atom. The third-order valence-corrected chi connectivity index (χ3v) is 21.9. The highest BCUT2D eigenvalue weighted by Crippen LogP contribution is 2.39. The number of ether oxygens (including phenoxy) is 6. The van der Waals surface area contributed by atoms with Crippen LogP contribution >= 0.6 is 0 Å². The van der Waals surface area contributed by atoms with Gasteiger partial charge in [-0.1, -0.05) is 91.8 Å². The van der Waals surface area contributed by atoms with Crippen molar-refractivity contribution >= 4 is 37.5 Å². The number of ketones is 3. The molecule has 1 amide bonds. The van der Waals surface area contributed by atoms with Gasteiger partial charge in [-0.3, -0.25) is 19.2 Å². The lowest BCUT2D eigenvalue weighted by Crippen LogP contribution is -2.61. The topological polar surface area (TPSA) is 194 Å². The van der Waals surface area contributed by atoms with Gasteiger partial charge in [-0.15, -0.1) is 0 Å². The van der Waals surface area contributed by atoms with Crippen LogP contribution in [0.2, 0.25) is 18.1 Å². The molecule has 432 valence electrons. The summed E-state index contributed by atoms with van der Waals surface area (Å²) in [7, 11) is 2.81. The Morgan fingerprint density at radius 3 is 2.21 bits per heavy atom. The van der Waals surface area contributed by atoms with Crippen molar-refractivity contribution in [3.8, 4) is 0 Å². The molecule has 2 saturated heterocycles. The molecule has 3 fully saturated rings. The number of aliphatic hydroxyl groups excluding tert-OH is 1. The predicted octanol–water partition coefficient (Wildman–Crippen LogP) is 9.62. The van der Waals surface area contributed by atoms with E-state index in [1.807, 2.05) is 58.1 Å². The van der Waals surface area contributed by atoms with E-state index in [2.05, 4.69) is 33.9 Å². The monoisotopic (exact) mass is 1090 g/mol. The summed E-state index contributed by atoms with van der Waals surface area (Å²) in [5, 5.41) is 23.7. The van der Waals surface area contributed by atoms with Crippen LogP contribution in [-0.2, 0) is 56.8 Å². The molecule has 2 N–H and O–H groups in total. The fraction of sp³-hybridized carbons (Fsp3) is 0.783. The minimum absolute atomic E-state index is 0.0172. The van der Waals surface area contributed by atoms with Gasteiger partial charge >= 0.3 is 5.97 Å². The van der Waals surface area contributed by atoms with Crippen LogP contribution in [-0.4, -0.2) is 148 Å². The third kappa shape index (κ3) is 17.9. The van der Waals surface area contributed by atoms with Crippen LogP contribution in [0.1, 0.15) is 153 Å². The van der Waals surface area contributed by atoms with Gasteiger partial charge in [-0.05, 0) is 132 Å². The Balaban J connectivity index is 1.64. The molecule has 1 aliphatic carbocycles. The number of Topliss-reactive ketones (excluding diaryl/α,β-unsaturated/α-hetero) is 3. The maximum Gasteiger partial charge on any atom is 0.329 e. The molecule has 4 rings (SSSR count). The first-order valence-corrected chi connectivity index (χ1v) is 31.3. The molecule has 1 saturated carbocycles. The van der Waals surface area contributed by atoms with Crippen LogP contribution in [0.15, 0.2) is 47.6 Å². The van der Waals surface area contributed by atoms with Crippen molar-refractivity contribution in [1.29, 1.82) is 0 Å². The Kier molecular flexibility index (Phi) is 25.7. The molecule has 15 nitrogen and oxygen atoms in total. The fourth-order valence-electron chi connectivity index (χ4n) is 11.1. The first-order chi connectivity index (χ1) is 35.7. The van der Waals surface area contributed by atoms with Gasteiger partial charge in [0, 0.05) is 71.7 Å². The summed E-state index contributed by atoms with van der Waals surface area (Å²) in [4.78, 5) is 72.8. The van der Waals surface area contributed by atoms with E-state index >= 15 is 0 Å². The number of cyclic esters (lactones) is 1. The molecule has 0 aromatic heterocycles. The number of hydrogen-bond acceptors (Lipinski definition) is 14. The maximum absolute atomic E-state index is 14.6. The molecule has 0 spiro atoms. The smallest absolute Gasteiger partial charge is 0.329 e. The van der Waals surface area contributed by atoms with E-state index < -0.39 is 86.1 Å². The van der Waals surface area contributed by atoms with Crippen LogP contribution in [0.3, 0.4) is 0 Å². The average Bonchev–Trinajstić information content (AvgIpc) is 3.37. The molecule has 16 heteroatoms. The Hall–Kier alpha value is -3.19. The van der Waals surface area contributed by atoms with Gasteiger partial charge in [0.05, 0.1) is 24.4 Å². The maximum atomic E-state index is 14.6. The summed E-state index contributed by atoms with van der Waals surface area (Å²) in [6.45, 7) is 25.3. The summed E-state index contributed by atoms with van der Waals surface area (Å²) < 4.78 is 42.9. The second-order valence-corrected chi connectivity index (χ2v) is 29.2. The van der Waals surface area contributed by atoms with Gasteiger partial charge in [-0.2, -0.15) is 0 Å². The molecule has 3 aliphatic heterocycles. The quantitative estimate of drug-likeness (QED) is 0.0617. The molecular formula is C60H99NO14Si. The van der Waals surface area contributed by atoms with Crippen molar-refractivity contribution in [2.45, 2.75) is 225 Å². The van der Waals surface area contributed by atoms with Gasteiger partial charge in [0.25, 0.3) is 11.7 Å². The zero-order chi connectivity index (χ0) is 56.7. The lowest BCUT2D eigenvalue weighted by atomic mass is 9.78. The first-order valence-electron chi connectivity index (χ1n) is 28.4. The fourth-order valence-corrected chi connectivity index (χ4v) is 12.2. The molecule has 15 atom stereocenters. The number of carbonyl (C=O) groups excluding carboxylic acids is 5. The largest absolute Gasteiger partial charge is 0.460 e. The second-order valence-electron chi connectivity index (χ2n) is 24.4. The van der Waals surface area contributed by atoms with E-state index in [0.717, 1.165) is 24.8 Å². The molecule has 76 heavy (non-hydrogen) atoms. The zero-order valence-electron chi connectivity index (χ0n) is 49.1. The first kappa shape index (κ1) is 65.3.